The summed E-state index contributed by atoms with van der Waals surface area (Å²) in [6, 6.07) is 9.61. The highest BCUT2D eigenvalue weighted by atomic mass is 32.2. The third-order valence-electron chi connectivity index (χ3n) is 1.67. The van der Waals surface area contributed by atoms with Crippen LogP contribution < -0.4 is 0 Å². The quantitative estimate of drug-likeness (QED) is 0.762. The number of thioether (sulfide) groups is 1. The van der Waals surface area contributed by atoms with Crippen LogP contribution in [0, 0.1) is 0 Å². The molecule has 0 saturated heterocycles. The van der Waals surface area contributed by atoms with Gasteiger partial charge in [-0.2, -0.15) is 0 Å². The Labute approximate surface area is 94.9 Å². The molecule has 0 N–H and O–H groups in total. The summed E-state index contributed by atoms with van der Waals surface area (Å²) >= 11 is 2.22. The predicted molar refractivity (Wildman–Crippen MR) is 58.7 cm³/mol. The van der Waals surface area contributed by atoms with E-state index < -0.39 is 0 Å². The fourth-order valence-electron chi connectivity index (χ4n) is 1.06. The van der Waals surface area contributed by atoms with Crippen molar-refractivity contribution in [1.29, 1.82) is 0 Å². The highest BCUT2D eigenvalue weighted by Gasteiger charge is 2.08. The van der Waals surface area contributed by atoms with Gasteiger partial charge in [-0.1, -0.05) is 34.8 Å². The third kappa shape index (κ3) is 3.10. The molecule has 0 bridgehead atoms. The number of carbonyl (C=O) groups is 1. The van der Waals surface area contributed by atoms with Crippen LogP contribution in [0.1, 0.15) is 5.56 Å². The highest BCUT2D eigenvalue weighted by Crippen LogP contribution is 2.20. The highest BCUT2D eigenvalue weighted by molar-refractivity contribution is 8.14. The molecule has 0 fully saturated rings. The van der Waals surface area contributed by atoms with E-state index >= 15 is 0 Å². The van der Waals surface area contributed by atoms with Crippen LogP contribution >= 0.6 is 23.3 Å². The molecule has 0 radical (unpaired) electrons. The van der Waals surface area contributed by atoms with Gasteiger partial charge in [0, 0.05) is 18.0 Å². The van der Waals surface area contributed by atoms with Crippen molar-refractivity contribution in [2.45, 2.75) is 10.8 Å². The Balaban J connectivity index is 1.94. The van der Waals surface area contributed by atoms with Crippen LogP contribution in [0.3, 0.4) is 0 Å². The summed E-state index contributed by atoms with van der Waals surface area (Å²) in [7, 11) is 0. The summed E-state index contributed by atoms with van der Waals surface area (Å²) in [6.45, 7) is 0. The second-order valence-corrected chi connectivity index (χ2v) is 4.80. The van der Waals surface area contributed by atoms with E-state index in [2.05, 4.69) is 14.8 Å². The van der Waals surface area contributed by atoms with Crippen molar-refractivity contribution in [3.63, 3.8) is 0 Å². The Morgan fingerprint density at radius 2 is 2.13 bits per heavy atom. The monoisotopic (exact) mass is 237 g/mol. The van der Waals surface area contributed by atoms with Gasteiger partial charge in [0.25, 0.3) is 0 Å². The van der Waals surface area contributed by atoms with Crippen molar-refractivity contribution in [3.8, 4) is 0 Å². The summed E-state index contributed by atoms with van der Waals surface area (Å²) in [5.74, 6) is 0. The van der Waals surface area contributed by atoms with Gasteiger partial charge >= 0.3 is 0 Å². The van der Waals surface area contributed by atoms with Gasteiger partial charge < -0.3 is 0 Å². The number of hydrogen-bond acceptors (Lipinski definition) is 6. The van der Waals surface area contributed by atoms with Crippen LogP contribution in [0.4, 0.5) is 0 Å². The van der Waals surface area contributed by atoms with E-state index in [1.54, 1.807) is 0 Å². The van der Waals surface area contributed by atoms with Crippen molar-refractivity contribution in [2.24, 2.45) is 0 Å². The fraction of sp³-hybridized carbons (Fsp3) is 0.111. The number of benzene rings is 1. The molecule has 0 saturated carbocycles. The van der Waals surface area contributed by atoms with Crippen LogP contribution in [0.5, 0.6) is 0 Å². The maximum Gasteiger partial charge on any atom is 0.201 e. The molecular weight excluding hydrogens is 230 g/mol. The van der Waals surface area contributed by atoms with Crippen molar-refractivity contribution in [2.75, 3.05) is 0 Å². The minimum Gasteiger partial charge on any atom is -0.286 e. The Kier molecular flexibility index (Phi) is 3.41. The molecule has 0 aliphatic rings. The van der Waals surface area contributed by atoms with Crippen LogP contribution in [0.15, 0.2) is 34.7 Å². The summed E-state index contributed by atoms with van der Waals surface area (Å²) in [5, 5.41) is 7.18. The molecule has 76 valence electrons. The van der Waals surface area contributed by atoms with Crippen LogP contribution in [-0.2, 0) is 11.2 Å². The van der Waals surface area contributed by atoms with E-state index in [4.69, 9.17) is 0 Å². The summed E-state index contributed by atoms with van der Waals surface area (Å²) < 4.78 is 4.18. The normalized spacial score (nSPS) is 10.1. The molecule has 0 aliphatic carbocycles. The molecular formula is C9H7N3OS2. The Morgan fingerprint density at radius 1 is 1.33 bits per heavy atom. The van der Waals surface area contributed by atoms with Crippen molar-refractivity contribution in [1.82, 2.24) is 14.8 Å². The maximum atomic E-state index is 11.6. The first-order chi connectivity index (χ1) is 7.34. The number of carbonyl (C=O) groups excluding carboxylic acids is 1. The van der Waals surface area contributed by atoms with E-state index in [0.29, 0.717) is 10.8 Å². The lowest BCUT2D eigenvalue weighted by Crippen LogP contribution is -1.96. The molecule has 4 nitrogen and oxygen atoms in total. The number of hydrogen-bond donors (Lipinski definition) is 0. The lowest BCUT2D eigenvalue weighted by Gasteiger charge is -1.97. The largest absolute Gasteiger partial charge is 0.286 e. The molecule has 0 amide bonds. The molecule has 6 heteroatoms. The zero-order valence-electron chi connectivity index (χ0n) is 7.66. The number of nitrogens with zero attached hydrogens (tertiary/aromatic N) is 3. The fourth-order valence-corrected chi connectivity index (χ4v) is 2.32. The first kappa shape index (κ1) is 10.3. The van der Waals surface area contributed by atoms with Gasteiger partial charge in [-0.3, -0.25) is 4.79 Å². The zero-order chi connectivity index (χ0) is 10.5. The first-order valence-electron chi connectivity index (χ1n) is 4.24. The zero-order valence-corrected chi connectivity index (χ0v) is 9.29. The molecule has 0 spiro atoms. The Hall–Kier alpha value is -1.27. The topological polar surface area (TPSA) is 55.7 Å². The number of rotatable bonds is 3. The standard InChI is InChI=1S/C9H7N3OS2/c13-8(14-9-10-11-12-15-9)6-7-4-2-1-3-5-7/h1-5H,6H2. The summed E-state index contributed by atoms with van der Waals surface area (Å²) in [6.07, 6.45) is 0.408. The van der Waals surface area contributed by atoms with Gasteiger partial charge in [-0.05, 0) is 22.5 Å². The van der Waals surface area contributed by atoms with Crippen LogP contribution in [0.2, 0.25) is 0 Å². The van der Waals surface area contributed by atoms with E-state index in [9.17, 15) is 4.79 Å². The lowest BCUT2D eigenvalue weighted by molar-refractivity contribution is -0.110. The van der Waals surface area contributed by atoms with Gasteiger partial charge in [-0.25, -0.2) is 0 Å². The Morgan fingerprint density at radius 3 is 2.80 bits per heavy atom. The Bertz CT molecular complexity index is 430. The second kappa shape index (κ2) is 4.99. The van der Waals surface area contributed by atoms with Gasteiger partial charge in [0.1, 0.15) is 0 Å². The molecule has 1 aromatic carbocycles. The molecule has 15 heavy (non-hydrogen) atoms. The average Bonchev–Trinajstić information content (AvgIpc) is 2.71. The van der Waals surface area contributed by atoms with Gasteiger partial charge in [0.15, 0.2) is 5.12 Å². The molecule has 2 aromatic rings. The van der Waals surface area contributed by atoms with E-state index in [-0.39, 0.29) is 5.12 Å². The van der Waals surface area contributed by atoms with Gasteiger partial charge in [-0.15, -0.1) is 5.10 Å². The lowest BCUT2D eigenvalue weighted by atomic mass is 10.2. The average molecular weight is 237 g/mol. The van der Waals surface area contributed by atoms with Crippen molar-refractivity contribution < 1.29 is 4.79 Å². The molecule has 0 aliphatic heterocycles. The molecule has 2 rings (SSSR count). The van der Waals surface area contributed by atoms with Crippen molar-refractivity contribution >= 4 is 28.4 Å². The van der Waals surface area contributed by atoms with Crippen LogP contribution in [-0.4, -0.2) is 19.9 Å². The molecule has 1 aromatic heterocycles. The molecule has 1 heterocycles. The summed E-state index contributed by atoms with van der Waals surface area (Å²) in [4.78, 5) is 11.6. The van der Waals surface area contributed by atoms with Gasteiger partial charge in [0.05, 0.1) is 0 Å². The first-order valence-corrected chi connectivity index (χ1v) is 5.83. The maximum absolute atomic E-state index is 11.6. The van der Waals surface area contributed by atoms with Crippen molar-refractivity contribution in [3.05, 3.63) is 35.9 Å². The number of aromatic nitrogens is 3. The smallest absolute Gasteiger partial charge is 0.201 e. The SMILES string of the molecule is O=C(Cc1ccccc1)Sc1nnns1. The van der Waals surface area contributed by atoms with E-state index in [0.717, 1.165) is 28.9 Å². The predicted octanol–water partition coefficient (Wildman–Crippen LogP) is 1.79. The van der Waals surface area contributed by atoms with Gasteiger partial charge in [0.2, 0.25) is 4.34 Å². The minimum absolute atomic E-state index is 0.0553. The minimum atomic E-state index is 0.0553. The van der Waals surface area contributed by atoms with E-state index in [1.165, 1.54) is 0 Å². The van der Waals surface area contributed by atoms with E-state index in [1.807, 2.05) is 30.3 Å². The second-order valence-electron chi connectivity index (χ2n) is 2.76. The third-order valence-corrected chi connectivity index (χ3v) is 3.17. The summed E-state index contributed by atoms with van der Waals surface area (Å²) in [5.41, 5.74) is 1.01. The van der Waals surface area contributed by atoms with Crippen LogP contribution in [0.25, 0.3) is 0 Å². The molecule has 0 atom stereocenters. The molecule has 0 unspecified atom stereocenters.